The lowest BCUT2D eigenvalue weighted by Crippen LogP contribution is -2.43. The molecule has 24 heavy (non-hydrogen) atoms. The molecule has 0 aromatic carbocycles. The molecule has 2 amide bonds. The lowest BCUT2D eigenvalue weighted by atomic mass is 9.95. The molecule has 3 rings (SSSR count). The number of carbonyl (C=O) groups is 2. The Morgan fingerprint density at radius 2 is 2.00 bits per heavy atom. The zero-order valence-corrected chi connectivity index (χ0v) is 14.0. The molecule has 1 aliphatic heterocycles. The number of furan rings is 2. The molecular weight excluding hydrogens is 308 g/mol. The molecule has 6 nitrogen and oxygen atoms in total. The number of hydrogen-bond donors (Lipinski definition) is 0. The maximum atomic E-state index is 12.6. The molecule has 0 N–H and O–H groups in total. The number of hydrogen-bond acceptors (Lipinski definition) is 4. The van der Waals surface area contributed by atoms with Crippen LogP contribution in [0.2, 0.25) is 0 Å². The molecule has 0 unspecified atom stereocenters. The van der Waals surface area contributed by atoms with E-state index in [4.69, 9.17) is 8.83 Å². The molecule has 0 bridgehead atoms. The molecule has 0 saturated carbocycles. The molecule has 128 valence electrons. The summed E-state index contributed by atoms with van der Waals surface area (Å²) in [5.74, 6) is 1.67. The van der Waals surface area contributed by atoms with E-state index in [1.54, 1.807) is 22.9 Å². The fourth-order valence-electron chi connectivity index (χ4n) is 3.09. The van der Waals surface area contributed by atoms with E-state index in [-0.39, 0.29) is 17.7 Å². The van der Waals surface area contributed by atoms with Crippen molar-refractivity contribution in [2.45, 2.75) is 26.3 Å². The van der Waals surface area contributed by atoms with Crippen LogP contribution in [0.25, 0.3) is 0 Å². The van der Waals surface area contributed by atoms with Crippen LogP contribution in [0.3, 0.4) is 0 Å². The lowest BCUT2D eigenvalue weighted by molar-refractivity contribution is -0.136. The zero-order valence-electron chi connectivity index (χ0n) is 14.0. The first-order chi connectivity index (χ1) is 11.5. The van der Waals surface area contributed by atoms with Crippen molar-refractivity contribution in [3.63, 3.8) is 0 Å². The average Bonchev–Trinajstić information content (AvgIpc) is 3.25. The van der Waals surface area contributed by atoms with Crippen LogP contribution in [0.5, 0.6) is 0 Å². The van der Waals surface area contributed by atoms with Crippen molar-refractivity contribution < 1.29 is 18.4 Å². The minimum Gasteiger partial charge on any atom is -0.472 e. The van der Waals surface area contributed by atoms with Gasteiger partial charge in [-0.25, -0.2) is 0 Å². The standard InChI is InChI=1S/C18H22N2O4/c1-13-3-4-16(24-13)11-19(2)17(21)14-5-8-20(9-6-14)18(22)15-7-10-23-12-15/h3-4,7,10,12,14H,5-6,8-9,11H2,1-2H3. The van der Waals surface area contributed by atoms with Gasteiger partial charge in [-0.2, -0.15) is 0 Å². The third-order valence-corrected chi connectivity index (χ3v) is 4.46. The second-order valence-corrected chi connectivity index (χ2v) is 6.29. The zero-order chi connectivity index (χ0) is 17.1. The van der Waals surface area contributed by atoms with Crippen molar-refractivity contribution >= 4 is 11.8 Å². The smallest absolute Gasteiger partial charge is 0.257 e. The van der Waals surface area contributed by atoms with Crippen LogP contribution in [-0.2, 0) is 11.3 Å². The monoisotopic (exact) mass is 330 g/mol. The van der Waals surface area contributed by atoms with E-state index in [9.17, 15) is 9.59 Å². The summed E-state index contributed by atoms with van der Waals surface area (Å²) in [6.45, 7) is 3.54. The third kappa shape index (κ3) is 3.53. The van der Waals surface area contributed by atoms with Crippen molar-refractivity contribution in [1.82, 2.24) is 9.80 Å². The van der Waals surface area contributed by atoms with E-state index < -0.39 is 0 Å². The quantitative estimate of drug-likeness (QED) is 0.864. The summed E-state index contributed by atoms with van der Waals surface area (Å²) in [7, 11) is 1.79. The predicted molar refractivity (Wildman–Crippen MR) is 87.3 cm³/mol. The van der Waals surface area contributed by atoms with Gasteiger partial charge in [-0.05, 0) is 38.0 Å². The average molecular weight is 330 g/mol. The maximum absolute atomic E-state index is 12.6. The van der Waals surface area contributed by atoms with Gasteiger partial charge in [-0.3, -0.25) is 9.59 Å². The van der Waals surface area contributed by atoms with Gasteiger partial charge in [-0.15, -0.1) is 0 Å². The summed E-state index contributed by atoms with van der Waals surface area (Å²) < 4.78 is 10.5. The highest BCUT2D eigenvalue weighted by molar-refractivity contribution is 5.94. The molecule has 6 heteroatoms. The molecule has 0 radical (unpaired) electrons. The Balaban J connectivity index is 1.52. The minimum atomic E-state index is -0.0422. The van der Waals surface area contributed by atoms with Crippen LogP contribution in [0, 0.1) is 12.8 Å². The van der Waals surface area contributed by atoms with Crippen molar-refractivity contribution in [3.05, 3.63) is 47.8 Å². The van der Waals surface area contributed by atoms with Gasteiger partial charge in [-0.1, -0.05) is 0 Å². The molecule has 0 atom stereocenters. The maximum Gasteiger partial charge on any atom is 0.257 e. The molecule has 2 aromatic rings. The molecule has 1 aliphatic rings. The van der Waals surface area contributed by atoms with Crippen LogP contribution in [-0.4, -0.2) is 41.8 Å². The highest BCUT2D eigenvalue weighted by atomic mass is 16.3. The molecule has 1 saturated heterocycles. The Bertz CT molecular complexity index is 696. The van der Waals surface area contributed by atoms with E-state index in [0.29, 0.717) is 38.0 Å². The number of rotatable bonds is 4. The normalized spacial score (nSPS) is 15.5. The van der Waals surface area contributed by atoms with Gasteiger partial charge in [0.15, 0.2) is 0 Å². The van der Waals surface area contributed by atoms with E-state index in [1.807, 2.05) is 19.1 Å². The largest absolute Gasteiger partial charge is 0.472 e. The van der Waals surface area contributed by atoms with Gasteiger partial charge in [0.2, 0.25) is 5.91 Å². The van der Waals surface area contributed by atoms with Gasteiger partial charge >= 0.3 is 0 Å². The molecular formula is C18H22N2O4. The second-order valence-electron chi connectivity index (χ2n) is 6.29. The summed E-state index contributed by atoms with van der Waals surface area (Å²) >= 11 is 0. The van der Waals surface area contributed by atoms with Gasteiger partial charge in [0.25, 0.3) is 5.91 Å². The lowest BCUT2D eigenvalue weighted by Gasteiger charge is -2.32. The fraction of sp³-hybridized carbons (Fsp3) is 0.444. The molecule has 0 aliphatic carbocycles. The Labute approximate surface area is 141 Å². The van der Waals surface area contributed by atoms with Crippen LogP contribution in [0.4, 0.5) is 0 Å². The SMILES string of the molecule is Cc1ccc(CN(C)C(=O)C2CCN(C(=O)c3ccoc3)CC2)o1. The number of nitrogens with zero attached hydrogens (tertiary/aromatic N) is 2. The number of carbonyl (C=O) groups excluding carboxylic acids is 2. The number of likely N-dealkylation sites (tertiary alicyclic amines) is 1. The first-order valence-corrected chi connectivity index (χ1v) is 8.16. The van der Waals surface area contributed by atoms with Crippen molar-refractivity contribution in [2.75, 3.05) is 20.1 Å². The van der Waals surface area contributed by atoms with E-state index in [2.05, 4.69) is 0 Å². The highest BCUT2D eigenvalue weighted by Gasteiger charge is 2.30. The topological polar surface area (TPSA) is 66.9 Å². The Morgan fingerprint density at radius 3 is 2.58 bits per heavy atom. The van der Waals surface area contributed by atoms with Crippen LogP contribution in [0.1, 0.15) is 34.7 Å². The number of piperidine rings is 1. The Morgan fingerprint density at radius 1 is 1.25 bits per heavy atom. The highest BCUT2D eigenvalue weighted by Crippen LogP contribution is 2.22. The van der Waals surface area contributed by atoms with E-state index in [0.717, 1.165) is 11.5 Å². The first kappa shape index (κ1) is 16.4. The van der Waals surface area contributed by atoms with Crippen molar-refractivity contribution in [1.29, 1.82) is 0 Å². The van der Waals surface area contributed by atoms with Gasteiger partial charge < -0.3 is 18.6 Å². The summed E-state index contributed by atoms with van der Waals surface area (Å²) in [5, 5.41) is 0. The summed E-state index contributed by atoms with van der Waals surface area (Å²) in [5.41, 5.74) is 0.560. The van der Waals surface area contributed by atoms with E-state index in [1.165, 1.54) is 12.5 Å². The minimum absolute atomic E-state index is 0.0333. The summed E-state index contributed by atoms with van der Waals surface area (Å²) in [6, 6.07) is 5.46. The molecule has 2 aromatic heterocycles. The van der Waals surface area contributed by atoms with Gasteiger partial charge in [0.1, 0.15) is 17.8 Å². The van der Waals surface area contributed by atoms with Gasteiger partial charge in [0, 0.05) is 26.1 Å². The van der Waals surface area contributed by atoms with E-state index >= 15 is 0 Å². The Kier molecular flexibility index (Phi) is 4.74. The van der Waals surface area contributed by atoms with Gasteiger partial charge in [0.05, 0.1) is 18.4 Å². The second kappa shape index (κ2) is 6.95. The number of amides is 2. The molecule has 0 spiro atoms. The van der Waals surface area contributed by atoms with Crippen LogP contribution in [0.15, 0.2) is 39.6 Å². The van der Waals surface area contributed by atoms with Crippen LogP contribution >= 0.6 is 0 Å². The first-order valence-electron chi connectivity index (χ1n) is 8.16. The molecule has 3 heterocycles. The van der Waals surface area contributed by atoms with Crippen molar-refractivity contribution in [3.8, 4) is 0 Å². The summed E-state index contributed by atoms with van der Waals surface area (Å²) in [6.07, 6.45) is 4.32. The summed E-state index contributed by atoms with van der Waals surface area (Å²) in [4.78, 5) is 28.3. The van der Waals surface area contributed by atoms with Crippen molar-refractivity contribution in [2.24, 2.45) is 5.92 Å². The molecule has 1 fully saturated rings. The third-order valence-electron chi connectivity index (χ3n) is 4.46. The Hall–Kier alpha value is -2.50. The predicted octanol–water partition coefficient (Wildman–Crippen LogP) is 2.69. The fourth-order valence-corrected chi connectivity index (χ4v) is 3.09. The van der Waals surface area contributed by atoms with Crippen LogP contribution < -0.4 is 0 Å². The number of aryl methyl sites for hydroxylation is 1.